The first-order valence-electron chi connectivity index (χ1n) is 12.5. The summed E-state index contributed by atoms with van der Waals surface area (Å²) in [5.74, 6) is 0.298. The van der Waals surface area contributed by atoms with E-state index in [0.717, 1.165) is 48.1 Å². The number of hydrogen-bond donors (Lipinski definition) is 1. The number of nitrogens with two attached hydrogens (primary N) is 1. The fourth-order valence-electron chi connectivity index (χ4n) is 4.65. The van der Waals surface area contributed by atoms with Crippen molar-refractivity contribution in [2.24, 2.45) is 11.1 Å². The highest BCUT2D eigenvalue weighted by molar-refractivity contribution is 5.96. The summed E-state index contributed by atoms with van der Waals surface area (Å²) < 4.78 is 11.7. The zero-order valence-corrected chi connectivity index (χ0v) is 22.0. The molecule has 1 aliphatic rings. The molecule has 2 amide bonds. The van der Waals surface area contributed by atoms with Gasteiger partial charge >= 0.3 is 6.09 Å². The normalized spacial score (nSPS) is 15.9. The lowest BCUT2D eigenvalue weighted by molar-refractivity contribution is 0.00424. The van der Waals surface area contributed by atoms with Gasteiger partial charge in [-0.05, 0) is 93.7 Å². The van der Waals surface area contributed by atoms with Crippen LogP contribution in [0.25, 0.3) is 11.1 Å². The van der Waals surface area contributed by atoms with Crippen molar-refractivity contribution in [1.29, 1.82) is 0 Å². The smallest absolute Gasteiger partial charge is 0.410 e. The summed E-state index contributed by atoms with van der Waals surface area (Å²) in [5.41, 5.74) is 8.61. The number of primary amides is 1. The molecular formula is C29H40N2O4. The largest absolute Gasteiger partial charge is 0.492 e. The van der Waals surface area contributed by atoms with E-state index in [9.17, 15) is 9.59 Å². The standard InChI is InChI=1S/C29H40N2O4/c1-20-24(8-7-9-25(20)26(30)32)21-10-12-23(13-11-21)34-19-18-31(27(33)35-28(2,3)4)22-14-16-29(5,6)17-15-22/h7-13,22H,14-19H2,1-6H3,(H2,30,32). The molecule has 0 bridgehead atoms. The van der Waals surface area contributed by atoms with Gasteiger partial charge in [-0.25, -0.2) is 4.79 Å². The maximum absolute atomic E-state index is 13.0. The summed E-state index contributed by atoms with van der Waals surface area (Å²) >= 11 is 0. The summed E-state index contributed by atoms with van der Waals surface area (Å²) in [5, 5.41) is 0. The summed E-state index contributed by atoms with van der Waals surface area (Å²) in [6.07, 6.45) is 3.87. The molecule has 6 nitrogen and oxygen atoms in total. The van der Waals surface area contributed by atoms with Gasteiger partial charge in [-0.1, -0.05) is 38.1 Å². The molecule has 35 heavy (non-hydrogen) atoms. The number of nitrogens with zero attached hydrogens (tertiary/aromatic N) is 1. The summed E-state index contributed by atoms with van der Waals surface area (Å²) in [6.45, 7) is 13.0. The summed E-state index contributed by atoms with van der Waals surface area (Å²) in [4.78, 5) is 26.5. The molecule has 2 aromatic carbocycles. The fraction of sp³-hybridized carbons (Fsp3) is 0.517. The third-order valence-corrected chi connectivity index (χ3v) is 6.74. The van der Waals surface area contributed by atoms with Crippen LogP contribution in [-0.4, -0.2) is 41.7 Å². The van der Waals surface area contributed by atoms with Gasteiger partial charge in [-0.2, -0.15) is 0 Å². The number of ether oxygens (including phenoxy) is 2. The average Bonchev–Trinajstić information content (AvgIpc) is 2.76. The highest BCUT2D eigenvalue weighted by atomic mass is 16.6. The van der Waals surface area contributed by atoms with Crippen LogP contribution in [0.1, 0.15) is 76.2 Å². The van der Waals surface area contributed by atoms with Crippen LogP contribution in [0.3, 0.4) is 0 Å². The molecule has 6 heteroatoms. The first-order chi connectivity index (χ1) is 16.4. The molecule has 0 unspecified atom stereocenters. The first kappa shape index (κ1) is 26.6. The van der Waals surface area contributed by atoms with Gasteiger partial charge in [-0.3, -0.25) is 4.79 Å². The van der Waals surface area contributed by atoms with E-state index in [1.165, 1.54) is 0 Å². The van der Waals surface area contributed by atoms with Crippen LogP contribution in [0.5, 0.6) is 5.75 Å². The molecule has 0 aromatic heterocycles. The van der Waals surface area contributed by atoms with Crippen molar-refractivity contribution in [3.05, 3.63) is 53.6 Å². The van der Waals surface area contributed by atoms with Crippen LogP contribution in [0, 0.1) is 12.3 Å². The Morgan fingerprint density at radius 2 is 1.69 bits per heavy atom. The Morgan fingerprint density at radius 1 is 1.06 bits per heavy atom. The Balaban J connectivity index is 1.65. The van der Waals surface area contributed by atoms with Crippen molar-refractivity contribution in [2.75, 3.05) is 13.2 Å². The topological polar surface area (TPSA) is 81.9 Å². The molecule has 0 radical (unpaired) electrons. The van der Waals surface area contributed by atoms with Crippen LogP contribution in [0.15, 0.2) is 42.5 Å². The van der Waals surface area contributed by atoms with Crippen molar-refractivity contribution in [3.8, 4) is 16.9 Å². The molecule has 190 valence electrons. The van der Waals surface area contributed by atoms with Gasteiger partial charge in [0.05, 0.1) is 6.54 Å². The molecular weight excluding hydrogens is 440 g/mol. The average molecular weight is 481 g/mol. The first-order valence-corrected chi connectivity index (χ1v) is 12.5. The minimum atomic E-state index is -0.538. The molecule has 0 aliphatic heterocycles. The Labute approximate surface area is 209 Å². The second kappa shape index (κ2) is 10.7. The SMILES string of the molecule is Cc1c(C(N)=O)cccc1-c1ccc(OCCN(C(=O)OC(C)(C)C)C2CCC(C)(C)CC2)cc1. The highest BCUT2D eigenvalue weighted by Gasteiger charge is 2.34. The van der Waals surface area contributed by atoms with Gasteiger partial charge in [-0.15, -0.1) is 0 Å². The molecule has 1 aliphatic carbocycles. The third-order valence-electron chi connectivity index (χ3n) is 6.74. The Morgan fingerprint density at radius 3 is 2.26 bits per heavy atom. The highest BCUT2D eigenvalue weighted by Crippen LogP contribution is 2.37. The predicted octanol–water partition coefficient (Wildman–Crippen LogP) is 6.35. The number of benzene rings is 2. The van der Waals surface area contributed by atoms with Gasteiger partial charge < -0.3 is 20.1 Å². The molecule has 3 rings (SSSR count). The van der Waals surface area contributed by atoms with Crippen molar-refractivity contribution in [1.82, 2.24) is 4.90 Å². The molecule has 1 saturated carbocycles. The molecule has 0 atom stereocenters. The number of hydrogen-bond acceptors (Lipinski definition) is 4. The molecule has 0 saturated heterocycles. The van der Waals surface area contributed by atoms with Crippen molar-refractivity contribution in [2.45, 2.75) is 78.9 Å². The van der Waals surface area contributed by atoms with Crippen LogP contribution in [-0.2, 0) is 4.74 Å². The van der Waals surface area contributed by atoms with E-state index in [0.29, 0.717) is 24.1 Å². The van der Waals surface area contributed by atoms with E-state index < -0.39 is 11.5 Å². The number of carbonyl (C=O) groups excluding carboxylic acids is 2. The third kappa shape index (κ3) is 7.23. The van der Waals surface area contributed by atoms with E-state index in [-0.39, 0.29) is 12.1 Å². The Kier molecular flexibility index (Phi) is 8.14. The van der Waals surface area contributed by atoms with Crippen LogP contribution in [0.4, 0.5) is 4.79 Å². The number of amides is 2. The Bertz CT molecular complexity index is 1030. The molecule has 2 N–H and O–H groups in total. The lowest BCUT2D eigenvalue weighted by Crippen LogP contribution is -2.47. The molecule has 0 spiro atoms. The van der Waals surface area contributed by atoms with Crippen LogP contribution < -0.4 is 10.5 Å². The van der Waals surface area contributed by atoms with E-state index in [2.05, 4.69) is 13.8 Å². The Hall–Kier alpha value is -3.02. The van der Waals surface area contributed by atoms with Gasteiger partial charge in [0.1, 0.15) is 18.0 Å². The molecule has 2 aromatic rings. The number of carbonyl (C=O) groups is 2. The maximum atomic E-state index is 13.0. The minimum Gasteiger partial charge on any atom is -0.492 e. The van der Waals surface area contributed by atoms with Crippen LogP contribution >= 0.6 is 0 Å². The lowest BCUT2D eigenvalue weighted by atomic mass is 9.75. The summed E-state index contributed by atoms with van der Waals surface area (Å²) in [7, 11) is 0. The van der Waals surface area contributed by atoms with E-state index in [1.54, 1.807) is 6.07 Å². The van der Waals surface area contributed by atoms with Gasteiger partial charge in [0.2, 0.25) is 5.91 Å². The van der Waals surface area contributed by atoms with E-state index in [1.807, 2.05) is 69.0 Å². The summed E-state index contributed by atoms with van der Waals surface area (Å²) in [6, 6.07) is 13.5. The van der Waals surface area contributed by atoms with Gasteiger partial charge in [0.25, 0.3) is 0 Å². The quantitative estimate of drug-likeness (QED) is 0.501. The second-order valence-electron chi connectivity index (χ2n) is 11.3. The van der Waals surface area contributed by atoms with Crippen LogP contribution in [0.2, 0.25) is 0 Å². The maximum Gasteiger partial charge on any atom is 0.410 e. The fourth-order valence-corrected chi connectivity index (χ4v) is 4.65. The molecule has 1 fully saturated rings. The van der Waals surface area contributed by atoms with Gasteiger partial charge in [0.15, 0.2) is 0 Å². The predicted molar refractivity (Wildman–Crippen MR) is 140 cm³/mol. The van der Waals surface area contributed by atoms with Crippen molar-refractivity contribution in [3.63, 3.8) is 0 Å². The monoisotopic (exact) mass is 480 g/mol. The van der Waals surface area contributed by atoms with Crippen molar-refractivity contribution < 1.29 is 19.1 Å². The second-order valence-corrected chi connectivity index (χ2v) is 11.3. The zero-order valence-electron chi connectivity index (χ0n) is 22.0. The zero-order chi connectivity index (χ0) is 25.8. The van der Waals surface area contributed by atoms with E-state index in [4.69, 9.17) is 15.2 Å². The number of rotatable bonds is 7. The van der Waals surface area contributed by atoms with E-state index >= 15 is 0 Å². The van der Waals surface area contributed by atoms with Gasteiger partial charge in [0, 0.05) is 11.6 Å². The van der Waals surface area contributed by atoms with Crippen molar-refractivity contribution >= 4 is 12.0 Å². The minimum absolute atomic E-state index is 0.171. The lowest BCUT2D eigenvalue weighted by Gasteiger charge is -2.40. The molecule has 0 heterocycles.